The van der Waals surface area contributed by atoms with E-state index in [0.29, 0.717) is 12.1 Å². The predicted molar refractivity (Wildman–Crippen MR) is 88.0 cm³/mol. The van der Waals surface area contributed by atoms with Crippen molar-refractivity contribution in [1.82, 2.24) is 25.0 Å². The summed E-state index contributed by atoms with van der Waals surface area (Å²) in [5, 5.41) is 6.83. The number of hydrogen-bond donors (Lipinski definition) is 1. The van der Waals surface area contributed by atoms with Gasteiger partial charge in [0.05, 0.1) is 30.0 Å². The maximum Gasteiger partial charge on any atom is 0.257 e. The average molecular weight is 327 g/mol. The minimum Gasteiger partial charge on any atom is -0.351 e. The van der Waals surface area contributed by atoms with Crippen molar-refractivity contribution in [3.05, 3.63) is 47.5 Å². The highest BCUT2D eigenvalue weighted by molar-refractivity contribution is 5.94. The molecule has 1 aliphatic heterocycles. The van der Waals surface area contributed by atoms with Gasteiger partial charge >= 0.3 is 0 Å². The number of carbonyl (C=O) groups is 2. The maximum atomic E-state index is 12.7. The van der Waals surface area contributed by atoms with Crippen LogP contribution in [-0.2, 0) is 18.4 Å². The highest BCUT2D eigenvalue weighted by Crippen LogP contribution is 2.33. The molecule has 7 nitrogen and oxygen atoms in total. The first kappa shape index (κ1) is 16.2. The van der Waals surface area contributed by atoms with Crippen LogP contribution >= 0.6 is 0 Å². The lowest BCUT2D eigenvalue weighted by Crippen LogP contribution is -2.30. The van der Waals surface area contributed by atoms with E-state index in [1.54, 1.807) is 30.3 Å². The first-order valence-corrected chi connectivity index (χ1v) is 8.03. The van der Waals surface area contributed by atoms with Gasteiger partial charge in [0.2, 0.25) is 5.91 Å². The SMILES string of the molecule is CC(=O)NCc1cc(C2CCCN2C(=O)c2cnn(C)c2)ccn1. The highest BCUT2D eigenvalue weighted by Gasteiger charge is 2.31. The van der Waals surface area contributed by atoms with E-state index in [2.05, 4.69) is 15.4 Å². The molecule has 2 amide bonds. The molecule has 1 aliphatic rings. The van der Waals surface area contributed by atoms with Crippen molar-refractivity contribution in [3.8, 4) is 0 Å². The fraction of sp³-hybridized carbons (Fsp3) is 0.412. The van der Waals surface area contributed by atoms with Crippen molar-refractivity contribution >= 4 is 11.8 Å². The molecule has 0 aromatic carbocycles. The lowest BCUT2D eigenvalue weighted by atomic mass is 10.0. The van der Waals surface area contributed by atoms with Gasteiger partial charge in [-0.3, -0.25) is 19.3 Å². The van der Waals surface area contributed by atoms with Crippen molar-refractivity contribution in [1.29, 1.82) is 0 Å². The smallest absolute Gasteiger partial charge is 0.257 e. The van der Waals surface area contributed by atoms with Gasteiger partial charge in [0, 0.05) is 32.9 Å². The number of aromatic nitrogens is 3. The normalized spacial score (nSPS) is 17.1. The molecule has 7 heteroatoms. The van der Waals surface area contributed by atoms with Crippen molar-refractivity contribution < 1.29 is 9.59 Å². The van der Waals surface area contributed by atoms with E-state index in [0.717, 1.165) is 30.6 Å². The van der Waals surface area contributed by atoms with Crippen LogP contribution in [0.1, 0.15) is 47.4 Å². The minimum atomic E-state index is -0.0866. The monoisotopic (exact) mass is 327 g/mol. The van der Waals surface area contributed by atoms with Crippen LogP contribution in [0.15, 0.2) is 30.7 Å². The van der Waals surface area contributed by atoms with E-state index in [4.69, 9.17) is 0 Å². The molecule has 1 fully saturated rings. The molecule has 2 aromatic heterocycles. The Hall–Kier alpha value is -2.70. The van der Waals surface area contributed by atoms with Crippen LogP contribution in [0.5, 0.6) is 0 Å². The van der Waals surface area contributed by atoms with E-state index in [9.17, 15) is 9.59 Å². The summed E-state index contributed by atoms with van der Waals surface area (Å²) >= 11 is 0. The highest BCUT2D eigenvalue weighted by atomic mass is 16.2. The first-order chi connectivity index (χ1) is 11.5. The Kier molecular flexibility index (Phi) is 4.59. The second kappa shape index (κ2) is 6.82. The third-order valence-corrected chi connectivity index (χ3v) is 4.21. The third-order valence-electron chi connectivity index (χ3n) is 4.21. The van der Waals surface area contributed by atoms with Gasteiger partial charge < -0.3 is 10.2 Å². The number of carbonyl (C=O) groups excluding carboxylic acids is 2. The molecule has 0 bridgehead atoms. The molecular weight excluding hydrogens is 306 g/mol. The van der Waals surface area contributed by atoms with Gasteiger partial charge in [0.1, 0.15) is 0 Å². The number of pyridine rings is 1. The summed E-state index contributed by atoms with van der Waals surface area (Å²) in [6, 6.07) is 3.95. The van der Waals surface area contributed by atoms with Crippen LogP contribution in [0.4, 0.5) is 0 Å². The molecule has 0 radical (unpaired) electrons. The predicted octanol–water partition coefficient (Wildman–Crippen LogP) is 1.43. The Morgan fingerprint density at radius 1 is 1.42 bits per heavy atom. The van der Waals surface area contributed by atoms with E-state index in [1.165, 1.54) is 6.92 Å². The molecule has 2 aromatic rings. The first-order valence-electron chi connectivity index (χ1n) is 8.03. The molecule has 126 valence electrons. The van der Waals surface area contributed by atoms with E-state index in [1.807, 2.05) is 17.0 Å². The van der Waals surface area contributed by atoms with Gasteiger partial charge in [0.15, 0.2) is 0 Å². The van der Waals surface area contributed by atoms with Gasteiger partial charge in [-0.2, -0.15) is 5.10 Å². The van der Waals surface area contributed by atoms with Crippen molar-refractivity contribution in [2.75, 3.05) is 6.54 Å². The number of amides is 2. The molecular formula is C17H21N5O2. The second-order valence-corrected chi connectivity index (χ2v) is 6.05. The zero-order chi connectivity index (χ0) is 17.1. The van der Waals surface area contributed by atoms with Crippen molar-refractivity contribution in [2.45, 2.75) is 32.4 Å². The standard InChI is InChI=1S/C17H21N5O2/c1-12(23)19-10-15-8-13(5-6-18-15)16-4-3-7-22(16)17(24)14-9-20-21(2)11-14/h5-6,8-9,11,16H,3-4,7,10H2,1-2H3,(H,19,23). The topological polar surface area (TPSA) is 80.1 Å². The lowest BCUT2D eigenvalue weighted by molar-refractivity contribution is -0.119. The summed E-state index contributed by atoms with van der Waals surface area (Å²) < 4.78 is 1.64. The van der Waals surface area contributed by atoms with Crippen LogP contribution in [-0.4, -0.2) is 38.0 Å². The van der Waals surface area contributed by atoms with Gasteiger partial charge in [-0.1, -0.05) is 0 Å². The molecule has 1 unspecified atom stereocenters. The number of hydrogen-bond acceptors (Lipinski definition) is 4. The molecule has 0 aliphatic carbocycles. The van der Waals surface area contributed by atoms with Gasteiger partial charge in [-0.05, 0) is 30.5 Å². The summed E-state index contributed by atoms with van der Waals surface area (Å²) in [4.78, 5) is 30.0. The molecule has 3 heterocycles. The zero-order valence-electron chi connectivity index (χ0n) is 13.9. The molecule has 3 rings (SSSR count). The quantitative estimate of drug-likeness (QED) is 0.921. The van der Waals surface area contributed by atoms with E-state index < -0.39 is 0 Å². The Bertz CT molecular complexity index is 755. The molecule has 1 atom stereocenters. The largest absolute Gasteiger partial charge is 0.351 e. The van der Waals surface area contributed by atoms with Gasteiger partial charge in [-0.15, -0.1) is 0 Å². The fourth-order valence-electron chi connectivity index (χ4n) is 3.07. The Morgan fingerprint density at radius 3 is 2.96 bits per heavy atom. The third kappa shape index (κ3) is 3.45. The van der Waals surface area contributed by atoms with Gasteiger partial charge in [-0.25, -0.2) is 0 Å². The molecule has 1 N–H and O–H groups in total. The summed E-state index contributed by atoms with van der Waals surface area (Å²) in [6.45, 7) is 2.61. The lowest BCUT2D eigenvalue weighted by Gasteiger charge is -2.25. The Labute approximate surface area is 140 Å². The zero-order valence-corrected chi connectivity index (χ0v) is 13.9. The summed E-state index contributed by atoms with van der Waals surface area (Å²) in [5.41, 5.74) is 2.46. The van der Waals surface area contributed by atoms with Gasteiger partial charge in [0.25, 0.3) is 5.91 Å². The summed E-state index contributed by atoms with van der Waals surface area (Å²) in [7, 11) is 1.80. The number of likely N-dealkylation sites (tertiary alicyclic amines) is 1. The summed E-state index contributed by atoms with van der Waals surface area (Å²) in [6.07, 6.45) is 6.98. The van der Waals surface area contributed by atoms with E-state index >= 15 is 0 Å². The van der Waals surface area contributed by atoms with Crippen LogP contribution in [0.3, 0.4) is 0 Å². The van der Waals surface area contributed by atoms with Crippen molar-refractivity contribution in [2.24, 2.45) is 7.05 Å². The van der Waals surface area contributed by atoms with Crippen molar-refractivity contribution in [3.63, 3.8) is 0 Å². The molecule has 1 saturated heterocycles. The van der Waals surface area contributed by atoms with Crippen LogP contribution < -0.4 is 5.32 Å². The second-order valence-electron chi connectivity index (χ2n) is 6.05. The number of rotatable bonds is 4. The van der Waals surface area contributed by atoms with Crippen LogP contribution in [0.25, 0.3) is 0 Å². The molecule has 24 heavy (non-hydrogen) atoms. The number of nitrogens with zero attached hydrogens (tertiary/aromatic N) is 4. The van der Waals surface area contributed by atoms with E-state index in [-0.39, 0.29) is 17.9 Å². The number of aryl methyl sites for hydroxylation is 1. The van der Waals surface area contributed by atoms with Crippen LogP contribution in [0.2, 0.25) is 0 Å². The molecule has 0 spiro atoms. The molecule has 0 saturated carbocycles. The van der Waals surface area contributed by atoms with Crippen LogP contribution in [0, 0.1) is 0 Å². The summed E-state index contributed by atoms with van der Waals surface area (Å²) in [5.74, 6) is -0.0812. The fourth-order valence-corrected chi connectivity index (χ4v) is 3.07. The Balaban J connectivity index is 1.79. The maximum absolute atomic E-state index is 12.7. The Morgan fingerprint density at radius 2 is 2.25 bits per heavy atom. The minimum absolute atomic E-state index is 0.00539. The number of nitrogens with one attached hydrogen (secondary N) is 1. The average Bonchev–Trinajstić information content (AvgIpc) is 3.21.